The maximum Gasteiger partial charge on any atom is 0.278 e. The minimum Gasteiger partial charge on any atom is -0.310 e. The molecule has 5 nitrogen and oxygen atoms in total. The first-order valence-corrected chi connectivity index (χ1v) is 7.73. The zero-order valence-corrected chi connectivity index (χ0v) is 14.4. The fourth-order valence-electron chi connectivity index (χ4n) is 2.33. The molecule has 23 heavy (non-hydrogen) atoms. The number of anilines is 1. The van der Waals surface area contributed by atoms with Gasteiger partial charge in [-0.05, 0) is 65.2 Å². The number of rotatable bonds is 2. The predicted octanol–water partition coefficient (Wildman–Crippen LogP) is 3.52. The minimum atomic E-state index is -0.299. The van der Waals surface area contributed by atoms with E-state index in [0.29, 0.717) is 21.5 Å². The standard InChI is InChI=1S/C16H14BrFN4O/c1-9-6-11(4-5-12(9)18)21(3)16(23)13-7-10(2)15-19-8-14(17)22(15)20-13/h4-8H,1-3H3. The Morgan fingerprint density at radius 3 is 2.70 bits per heavy atom. The van der Waals surface area contributed by atoms with E-state index in [-0.39, 0.29) is 17.4 Å². The van der Waals surface area contributed by atoms with Gasteiger partial charge in [0.2, 0.25) is 0 Å². The van der Waals surface area contributed by atoms with E-state index in [0.717, 1.165) is 5.56 Å². The molecule has 3 aromatic rings. The van der Waals surface area contributed by atoms with Gasteiger partial charge in [-0.2, -0.15) is 5.10 Å². The summed E-state index contributed by atoms with van der Waals surface area (Å²) in [7, 11) is 1.64. The average molecular weight is 377 g/mol. The SMILES string of the molecule is Cc1cc(N(C)C(=O)c2cc(C)c3ncc(Br)n3n2)ccc1F. The van der Waals surface area contributed by atoms with E-state index in [1.807, 2.05) is 6.92 Å². The van der Waals surface area contributed by atoms with Crippen LogP contribution < -0.4 is 4.90 Å². The Hall–Kier alpha value is -2.28. The van der Waals surface area contributed by atoms with Gasteiger partial charge in [0.25, 0.3) is 5.91 Å². The molecular weight excluding hydrogens is 363 g/mol. The van der Waals surface area contributed by atoms with Gasteiger partial charge in [0.15, 0.2) is 5.65 Å². The summed E-state index contributed by atoms with van der Waals surface area (Å²) in [5.41, 5.74) is 2.92. The molecule has 0 aliphatic rings. The van der Waals surface area contributed by atoms with Gasteiger partial charge in [-0.3, -0.25) is 4.79 Å². The molecular formula is C16H14BrFN4O. The predicted molar refractivity (Wildman–Crippen MR) is 89.3 cm³/mol. The highest BCUT2D eigenvalue weighted by Crippen LogP contribution is 2.20. The lowest BCUT2D eigenvalue weighted by atomic mass is 10.2. The number of carbonyl (C=O) groups is 1. The van der Waals surface area contributed by atoms with Crippen molar-refractivity contribution < 1.29 is 9.18 Å². The number of benzene rings is 1. The van der Waals surface area contributed by atoms with E-state index in [4.69, 9.17) is 0 Å². The molecule has 2 heterocycles. The van der Waals surface area contributed by atoms with Crippen molar-refractivity contribution in [2.24, 2.45) is 0 Å². The molecule has 0 saturated heterocycles. The fraction of sp³-hybridized carbons (Fsp3) is 0.188. The summed E-state index contributed by atoms with van der Waals surface area (Å²) in [5.74, 6) is -0.575. The van der Waals surface area contributed by atoms with Crippen LogP contribution in [-0.4, -0.2) is 27.6 Å². The molecule has 0 radical (unpaired) electrons. The molecule has 118 valence electrons. The van der Waals surface area contributed by atoms with Crippen molar-refractivity contribution in [2.75, 3.05) is 11.9 Å². The van der Waals surface area contributed by atoms with E-state index in [2.05, 4.69) is 26.0 Å². The zero-order chi connectivity index (χ0) is 16.7. The van der Waals surface area contributed by atoms with Crippen LogP contribution >= 0.6 is 15.9 Å². The molecule has 0 bridgehead atoms. The third-order valence-corrected chi connectivity index (χ3v) is 4.20. The van der Waals surface area contributed by atoms with Crippen molar-refractivity contribution in [2.45, 2.75) is 13.8 Å². The smallest absolute Gasteiger partial charge is 0.278 e. The van der Waals surface area contributed by atoms with E-state index < -0.39 is 0 Å². The van der Waals surface area contributed by atoms with Crippen molar-refractivity contribution >= 4 is 33.2 Å². The van der Waals surface area contributed by atoms with Gasteiger partial charge in [0.05, 0.1) is 6.20 Å². The number of imidazole rings is 1. The lowest BCUT2D eigenvalue weighted by molar-refractivity contribution is 0.0987. The molecule has 0 aliphatic carbocycles. The highest BCUT2D eigenvalue weighted by atomic mass is 79.9. The summed E-state index contributed by atoms with van der Waals surface area (Å²) in [6.45, 7) is 3.53. The first-order chi connectivity index (χ1) is 10.9. The molecule has 2 aromatic heterocycles. The van der Waals surface area contributed by atoms with Crippen molar-refractivity contribution in [1.29, 1.82) is 0 Å². The topological polar surface area (TPSA) is 50.5 Å². The highest BCUT2D eigenvalue weighted by molar-refractivity contribution is 9.10. The van der Waals surface area contributed by atoms with Crippen molar-refractivity contribution in [3.63, 3.8) is 0 Å². The first kappa shape index (κ1) is 15.6. The van der Waals surface area contributed by atoms with Gasteiger partial charge >= 0.3 is 0 Å². The highest BCUT2D eigenvalue weighted by Gasteiger charge is 2.18. The lowest BCUT2D eigenvalue weighted by Gasteiger charge is -2.18. The van der Waals surface area contributed by atoms with Gasteiger partial charge in [-0.15, -0.1) is 0 Å². The number of nitrogens with zero attached hydrogens (tertiary/aromatic N) is 4. The Labute approximate surface area is 140 Å². The second kappa shape index (κ2) is 5.73. The number of amides is 1. The molecule has 0 aliphatic heterocycles. The Morgan fingerprint density at radius 1 is 1.26 bits per heavy atom. The van der Waals surface area contributed by atoms with Gasteiger partial charge in [-0.25, -0.2) is 13.9 Å². The largest absolute Gasteiger partial charge is 0.310 e. The Balaban J connectivity index is 2.02. The Kier molecular flexibility index (Phi) is 3.89. The Bertz CT molecular complexity index is 922. The van der Waals surface area contributed by atoms with Crippen LogP contribution in [0.1, 0.15) is 21.6 Å². The molecule has 1 amide bonds. The number of hydrogen-bond donors (Lipinski definition) is 0. The van der Waals surface area contributed by atoms with E-state index in [1.165, 1.54) is 11.0 Å². The van der Waals surface area contributed by atoms with Crippen LogP contribution in [0.15, 0.2) is 35.1 Å². The summed E-state index contributed by atoms with van der Waals surface area (Å²) in [6.07, 6.45) is 1.64. The Morgan fingerprint density at radius 2 is 2.00 bits per heavy atom. The van der Waals surface area contributed by atoms with Crippen LogP contribution in [0.3, 0.4) is 0 Å². The van der Waals surface area contributed by atoms with E-state index >= 15 is 0 Å². The van der Waals surface area contributed by atoms with E-state index in [1.54, 1.807) is 42.9 Å². The third kappa shape index (κ3) is 2.72. The van der Waals surface area contributed by atoms with Crippen LogP contribution in [0, 0.1) is 19.7 Å². The number of fused-ring (bicyclic) bond motifs is 1. The quantitative estimate of drug-likeness (QED) is 0.687. The molecule has 0 N–H and O–H groups in total. The summed E-state index contributed by atoms with van der Waals surface area (Å²) in [4.78, 5) is 18.4. The summed E-state index contributed by atoms with van der Waals surface area (Å²) < 4.78 is 15.6. The number of aryl methyl sites for hydroxylation is 2. The molecule has 0 saturated carbocycles. The summed E-state index contributed by atoms with van der Waals surface area (Å²) in [6, 6.07) is 6.25. The minimum absolute atomic E-state index is 0.276. The van der Waals surface area contributed by atoms with Crippen LogP contribution in [0.25, 0.3) is 5.65 Å². The molecule has 0 spiro atoms. The van der Waals surface area contributed by atoms with Gasteiger partial charge in [-0.1, -0.05) is 0 Å². The molecule has 7 heteroatoms. The van der Waals surface area contributed by atoms with Crippen molar-refractivity contribution in [3.8, 4) is 0 Å². The number of hydrogen-bond acceptors (Lipinski definition) is 3. The lowest BCUT2D eigenvalue weighted by Crippen LogP contribution is -2.28. The molecule has 1 aromatic carbocycles. The van der Waals surface area contributed by atoms with Crippen molar-refractivity contribution in [3.05, 3.63) is 57.7 Å². The van der Waals surface area contributed by atoms with Crippen LogP contribution in [-0.2, 0) is 0 Å². The average Bonchev–Trinajstić information content (AvgIpc) is 2.90. The van der Waals surface area contributed by atoms with Gasteiger partial charge < -0.3 is 4.90 Å². The van der Waals surface area contributed by atoms with Crippen molar-refractivity contribution in [1.82, 2.24) is 14.6 Å². The molecule has 0 unspecified atom stereocenters. The number of aromatic nitrogens is 3. The summed E-state index contributed by atoms with van der Waals surface area (Å²) in [5, 5.41) is 4.32. The van der Waals surface area contributed by atoms with Crippen LogP contribution in [0.4, 0.5) is 10.1 Å². The maximum absolute atomic E-state index is 13.4. The molecule has 3 rings (SSSR count). The van der Waals surface area contributed by atoms with Gasteiger partial charge in [0.1, 0.15) is 16.1 Å². The first-order valence-electron chi connectivity index (χ1n) is 6.93. The van der Waals surface area contributed by atoms with Crippen LogP contribution in [0.2, 0.25) is 0 Å². The molecule has 0 fully saturated rings. The monoisotopic (exact) mass is 376 g/mol. The van der Waals surface area contributed by atoms with E-state index in [9.17, 15) is 9.18 Å². The second-order valence-electron chi connectivity index (χ2n) is 5.33. The summed E-state index contributed by atoms with van der Waals surface area (Å²) >= 11 is 3.36. The maximum atomic E-state index is 13.4. The number of carbonyl (C=O) groups excluding carboxylic acids is 1. The zero-order valence-electron chi connectivity index (χ0n) is 12.8. The fourth-order valence-corrected chi connectivity index (χ4v) is 2.68. The second-order valence-corrected chi connectivity index (χ2v) is 6.14. The normalized spacial score (nSPS) is 11.0. The van der Waals surface area contributed by atoms with Crippen LogP contribution in [0.5, 0.6) is 0 Å². The third-order valence-electron chi connectivity index (χ3n) is 3.66. The molecule has 0 atom stereocenters. The van der Waals surface area contributed by atoms with Gasteiger partial charge in [0, 0.05) is 12.7 Å². The number of halogens is 2.